The maximum absolute atomic E-state index is 12.5. The maximum Gasteiger partial charge on any atom is 0.411 e. The summed E-state index contributed by atoms with van der Waals surface area (Å²) in [6.45, 7) is 0. The second kappa shape index (κ2) is 6.54. The molecule has 0 unspecified atom stereocenters. The van der Waals surface area contributed by atoms with Crippen molar-refractivity contribution >= 4 is 42.5 Å². The molecular weight excluding hydrogens is 350 g/mol. The van der Waals surface area contributed by atoms with E-state index in [0.717, 1.165) is 5.52 Å². The lowest BCUT2D eigenvalue weighted by molar-refractivity contribution is 0.187. The topological polar surface area (TPSA) is 101 Å². The molecule has 124 valence electrons. The molecule has 2 aromatic carbocycles. The van der Waals surface area contributed by atoms with Gasteiger partial charge < -0.3 is 9.72 Å². The van der Waals surface area contributed by atoms with Gasteiger partial charge in [-0.15, -0.1) is 0 Å². The van der Waals surface area contributed by atoms with Crippen LogP contribution < -0.4 is 5.32 Å². The predicted molar refractivity (Wildman–Crippen MR) is 91.6 cm³/mol. The number of amides is 1. The van der Waals surface area contributed by atoms with Crippen LogP contribution >= 0.6 is 10.8 Å². The summed E-state index contributed by atoms with van der Waals surface area (Å²) in [6.07, 6.45) is -0.623. The number of imidazole rings is 1. The van der Waals surface area contributed by atoms with Gasteiger partial charge in [0.15, 0.2) is 5.16 Å². The number of hydrogen-bond acceptors (Lipinski definition) is 6. The van der Waals surface area contributed by atoms with Crippen LogP contribution in [0.1, 0.15) is 0 Å². The number of nitrogens with zero attached hydrogens (tertiary/aromatic N) is 1. The fraction of sp³-hybridized carbons (Fsp3) is 0.0667. The molecule has 0 aliphatic rings. The van der Waals surface area contributed by atoms with E-state index in [1.165, 1.54) is 31.4 Å². The van der Waals surface area contributed by atoms with Crippen molar-refractivity contribution in [2.24, 2.45) is 0 Å². The van der Waals surface area contributed by atoms with Crippen molar-refractivity contribution in [2.75, 3.05) is 12.4 Å². The number of aromatic nitrogens is 2. The van der Waals surface area contributed by atoms with Crippen LogP contribution in [-0.2, 0) is 13.6 Å². The summed E-state index contributed by atoms with van der Waals surface area (Å²) in [6, 6.07) is 13.1. The zero-order chi connectivity index (χ0) is 17.2. The number of benzene rings is 2. The predicted octanol–water partition coefficient (Wildman–Crippen LogP) is 3.22. The Morgan fingerprint density at radius 1 is 1.17 bits per heavy atom. The zero-order valence-electron chi connectivity index (χ0n) is 12.5. The van der Waals surface area contributed by atoms with Gasteiger partial charge >= 0.3 is 6.09 Å². The SMILES string of the molecule is COC(=O)Nc1ccc(S(=O)(=O)Sc2nc3ccccc3[nH]2)cc1. The maximum atomic E-state index is 12.5. The third-order valence-corrected chi connectivity index (χ3v) is 6.26. The van der Waals surface area contributed by atoms with Crippen LogP contribution in [0, 0.1) is 0 Å². The summed E-state index contributed by atoms with van der Waals surface area (Å²) in [4.78, 5) is 18.4. The van der Waals surface area contributed by atoms with Crippen molar-refractivity contribution in [3.05, 3.63) is 48.5 Å². The number of rotatable bonds is 4. The highest BCUT2D eigenvalue weighted by Gasteiger charge is 2.19. The first kappa shape index (κ1) is 16.3. The Bertz CT molecular complexity index is 948. The number of fused-ring (bicyclic) bond motifs is 1. The Kier molecular flexibility index (Phi) is 4.45. The first-order valence-corrected chi connectivity index (χ1v) is 9.64. The summed E-state index contributed by atoms with van der Waals surface area (Å²) in [5.41, 5.74) is 1.91. The number of carbonyl (C=O) groups excluding carboxylic acids is 1. The number of hydrogen-bond donors (Lipinski definition) is 2. The average molecular weight is 363 g/mol. The standard InChI is InChI=1S/C15H13N3O4S2/c1-22-15(19)16-10-6-8-11(9-7-10)24(20,21)23-14-17-12-4-2-3-5-13(12)18-14/h2-9H,1H3,(H,16,19)(H,17,18). The fourth-order valence-electron chi connectivity index (χ4n) is 1.99. The normalized spacial score (nSPS) is 11.4. The van der Waals surface area contributed by atoms with Gasteiger partial charge in [-0.05, 0) is 36.4 Å². The highest BCUT2D eigenvalue weighted by Crippen LogP contribution is 2.30. The number of carbonyl (C=O) groups is 1. The minimum absolute atomic E-state index is 0.114. The monoisotopic (exact) mass is 363 g/mol. The van der Waals surface area contributed by atoms with Gasteiger partial charge in [-0.3, -0.25) is 5.32 Å². The third kappa shape index (κ3) is 3.52. The van der Waals surface area contributed by atoms with Gasteiger partial charge in [0, 0.05) is 16.5 Å². The lowest BCUT2D eigenvalue weighted by Crippen LogP contribution is -2.10. The van der Waals surface area contributed by atoms with Crippen molar-refractivity contribution in [2.45, 2.75) is 10.1 Å². The molecule has 0 saturated carbocycles. The summed E-state index contributed by atoms with van der Waals surface area (Å²) in [5, 5.41) is 2.76. The van der Waals surface area contributed by atoms with Crippen LogP contribution in [0.2, 0.25) is 0 Å². The molecule has 1 amide bonds. The molecule has 1 aromatic heterocycles. The smallest absolute Gasteiger partial charge is 0.411 e. The van der Waals surface area contributed by atoms with Gasteiger partial charge in [-0.25, -0.2) is 18.2 Å². The van der Waals surface area contributed by atoms with Gasteiger partial charge in [0.25, 0.3) is 0 Å². The number of methoxy groups -OCH3 is 1. The highest BCUT2D eigenvalue weighted by molar-refractivity contribution is 8.72. The van der Waals surface area contributed by atoms with Gasteiger partial charge in [0.1, 0.15) is 0 Å². The van der Waals surface area contributed by atoms with Gasteiger partial charge in [0.2, 0.25) is 8.87 Å². The molecule has 0 atom stereocenters. The first-order valence-electron chi connectivity index (χ1n) is 6.82. The first-order chi connectivity index (χ1) is 11.5. The summed E-state index contributed by atoms with van der Waals surface area (Å²) < 4.78 is 29.4. The van der Waals surface area contributed by atoms with Crippen LogP contribution in [0.15, 0.2) is 58.6 Å². The van der Waals surface area contributed by atoms with E-state index in [2.05, 4.69) is 20.0 Å². The molecule has 2 N–H and O–H groups in total. The molecule has 24 heavy (non-hydrogen) atoms. The minimum Gasteiger partial charge on any atom is -0.453 e. The van der Waals surface area contributed by atoms with E-state index in [4.69, 9.17) is 0 Å². The van der Waals surface area contributed by atoms with Crippen LogP contribution in [0.5, 0.6) is 0 Å². The summed E-state index contributed by atoms with van der Waals surface area (Å²) >= 11 is 0. The Balaban J connectivity index is 1.80. The van der Waals surface area contributed by atoms with E-state index in [9.17, 15) is 13.2 Å². The number of nitrogens with one attached hydrogen (secondary N) is 2. The molecule has 7 nitrogen and oxygen atoms in total. The van der Waals surface area contributed by atoms with Gasteiger partial charge in [-0.1, -0.05) is 12.1 Å². The summed E-state index contributed by atoms with van der Waals surface area (Å²) in [5.74, 6) is 0. The van der Waals surface area contributed by atoms with Crippen LogP contribution in [0.25, 0.3) is 11.0 Å². The number of para-hydroxylation sites is 2. The van der Waals surface area contributed by atoms with E-state index in [0.29, 0.717) is 27.2 Å². The Hall–Kier alpha value is -2.52. The quantitative estimate of drug-likeness (QED) is 0.690. The van der Waals surface area contributed by atoms with Crippen molar-refractivity contribution in [1.82, 2.24) is 9.97 Å². The number of ether oxygens (including phenoxy) is 1. The van der Waals surface area contributed by atoms with E-state index in [1.54, 1.807) is 6.07 Å². The molecule has 0 aliphatic carbocycles. The lowest BCUT2D eigenvalue weighted by atomic mass is 10.3. The molecule has 0 saturated heterocycles. The number of aromatic amines is 1. The van der Waals surface area contributed by atoms with E-state index in [1.807, 2.05) is 18.2 Å². The third-order valence-electron chi connectivity index (χ3n) is 3.13. The Morgan fingerprint density at radius 3 is 2.54 bits per heavy atom. The highest BCUT2D eigenvalue weighted by atomic mass is 33.1. The molecule has 0 bridgehead atoms. The molecule has 0 aliphatic heterocycles. The van der Waals surface area contributed by atoms with E-state index < -0.39 is 15.0 Å². The zero-order valence-corrected chi connectivity index (χ0v) is 14.1. The number of H-pyrrole nitrogens is 1. The molecule has 3 rings (SSSR count). The molecule has 0 radical (unpaired) electrons. The van der Waals surface area contributed by atoms with Crippen LogP contribution in [0.3, 0.4) is 0 Å². The van der Waals surface area contributed by atoms with Crippen molar-refractivity contribution in [1.29, 1.82) is 0 Å². The van der Waals surface area contributed by atoms with Crippen LogP contribution in [0.4, 0.5) is 10.5 Å². The molecule has 0 fully saturated rings. The second-order valence-corrected chi connectivity index (χ2v) is 8.49. The molecule has 1 heterocycles. The largest absolute Gasteiger partial charge is 0.453 e. The van der Waals surface area contributed by atoms with Gasteiger partial charge in [-0.2, -0.15) is 0 Å². The number of anilines is 1. The van der Waals surface area contributed by atoms with E-state index >= 15 is 0 Å². The average Bonchev–Trinajstić information content (AvgIpc) is 2.96. The fourth-order valence-corrected chi connectivity index (χ4v) is 4.54. The van der Waals surface area contributed by atoms with Crippen LogP contribution in [-0.4, -0.2) is 31.6 Å². The van der Waals surface area contributed by atoms with E-state index in [-0.39, 0.29) is 4.90 Å². The molecule has 9 heteroatoms. The van der Waals surface area contributed by atoms with Crippen molar-refractivity contribution in [3.8, 4) is 0 Å². The lowest BCUT2D eigenvalue weighted by Gasteiger charge is -2.05. The van der Waals surface area contributed by atoms with Crippen molar-refractivity contribution in [3.63, 3.8) is 0 Å². The second-order valence-electron chi connectivity index (χ2n) is 4.74. The van der Waals surface area contributed by atoms with Crippen molar-refractivity contribution < 1.29 is 17.9 Å². The molecule has 3 aromatic rings. The minimum atomic E-state index is -3.63. The Labute approximate surface area is 141 Å². The molecule has 0 spiro atoms. The Morgan fingerprint density at radius 2 is 1.88 bits per heavy atom. The molecular formula is C15H13N3O4S2. The summed E-state index contributed by atoms with van der Waals surface area (Å²) in [7, 11) is -1.74. The van der Waals surface area contributed by atoms with Gasteiger partial charge in [0.05, 0.1) is 23.0 Å².